The number of amides is 1. The second kappa shape index (κ2) is 6.93. The quantitative estimate of drug-likeness (QED) is 0.863. The first-order valence-electron chi connectivity index (χ1n) is 7.94. The van der Waals surface area contributed by atoms with Gasteiger partial charge in [0.2, 0.25) is 5.91 Å². The molecule has 0 saturated carbocycles. The average molecular weight is 333 g/mol. The van der Waals surface area contributed by atoms with Crippen molar-refractivity contribution in [2.75, 3.05) is 19.4 Å². The van der Waals surface area contributed by atoms with Gasteiger partial charge in [0.25, 0.3) is 0 Å². The summed E-state index contributed by atoms with van der Waals surface area (Å²) in [6, 6.07) is 8.13. The van der Waals surface area contributed by atoms with Gasteiger partial charge in [-0.25, -0.2) is 4.98 Å². The van der Waals surface area contributed by atoms with E-state index in [1.54, 1.807) is 11.8 Å². The van der Waals surface area contributed by atoms with E-state index < -0.39 is 0 Å². The van der Waals surface area contributed by atoms with Gasteiger partial charge in [-0.3, -0.25) is 4.79 Å². The number of ether oxygens (including phenoxy) is 1. The van der Waals surface area contributed by atoms with Crippen LogP contribution < -0.4 is 0 Å². The lowest BCUT2D eigenvalue weighted by atomic mass is 10.2. The molecule has 1 fully saturated rings. The Kier molecular flexibility index (Phi) is 4.92. The molecule has 0 unspecified atom stereocenters. The minimum atomic E-state index is 0.0975. The van der Waals surface area contributed by atoms with Crippen molar-refractivity contribution in [2.45, 2.75) is 38.3 Å². The van der Waals surface area contributed by atoms with E-state index >= 15 is 0 Å². The number of benzene rings is 1. The highest BCUT2D eigenvalue weighted by Crippen LogP contribution is 2.20. The molecule has 0 spiro atoms. The molecule has 0 aliphatic carbocycles. The van der Waals surface area contributed by atoms with Gasteiger partial charge in [0.05, 0.1) is 35.5 Å². The Balaban J connectivity index is 1.87. The molecule has 6 heteroatoms. The van der Waals surface area contributed by atoms with Crippen molar-refractivity contribution in [1.82, 2.24) is 14.5 Å². The summed E-state index contributed by atoms with van der Waals surface area (Å²) in [6.45, 7) is 5.66. The second-order valence-electron chi connectivity index (χ2n) is 6.07. The molecule has 2 atom stereocenters. The van der Waals surface area contributed by atoms with E-state index in [2.05, 4.69) is 15.8 Å². The summed E-state index contributed by atoms with van der Waals surface area (Å²) in [6.07, 6.45) is 2.15. The Morgan fingerprint density at radius 1 is 1.39 bits per heavy atom. The molecule has 23 heavy (non-hydrogen) atoms. The van der Waals surface area contributed by atoms with Crippen molar-refractivity contribution in [3.8, 4) is 0 Å². The van der Waals surface area contributed by atoms with E-state index in [-0.39, 0.29) is 18.1 Å². The highest BCUT2D eigenvalue weighted by atomic mass is 32.2. The first kappa shape index (κ1) is 16.3. The van der Waals surface area contributed by atoms with E-state index in [1.165, 1.54) is 0 Å². The van der Waals surface area contributed by atoms with Crippen LogP contribution in [0.3, 0.4) is 0 Å². The number of hydrogen-bond donors (Lipinski definition) is 0. The lowest BCUT2D eigenvalue weighted by Gasteiger charge is -2.37. The van der Waals surface area contributed by atoms with Gasteiger partial charge in [-0.2, -0.15) is 11.8 Å². The van der Waals surface area contributed by atoms with Gasteiger partial charge in [-0.05, 0) is 32.2 Å². The molecule has 3 rings (SSSR count). The minimum Gasteiger partial charge on any atom is -0.375 e. The molecule has 1 aliphatic rings. The minimum absolute atomic E-state index is 0.0975. The van der Waals surface area contributed by atoms with Crippen LogP contribution in [-0.2, 0) is 21.8 Å². The SMILES string of the molecule is CSCc1nc2ccccc2n1CC(=O)N1C[C@H](C)OC[C@H]1C. The van der Waals surface area contributed by atoms with E-state index in [1.807, 2.05) is 43.0 Å². The summed E-state index contributed by atoms with van der Waals surface area (Å²) in [7, 11) is 0. The zero-order chi connectivity index (χ0) is 16.4. The van der Waals surface area contributed by atoms with Gasteiger partial charge in [0.1, 0.15) is 12.4 Å². The highest BCUT2D eigenvalue weighted by molar-refractivity contribution is 7.97. The number of nitrogens with zero attached hydrogens (tertiary/aromatic N) is 3. The normalized spacial score (nSPS) is 21.8. The maximum absolute atomic E-state index is 12.8. The Morgan fingerprint density at radius 2 is 2.17 bits per heavy atom. The van der Waals surface area contributed by atoms with Gasteiger partial charge in [-0.1, -0.05) is 12.1 Å². The third-order valence-electron chi connectivity index (χ3n) is 4.23. The van der Waals surface area contributed by atoms with Crippen LogP contribution in [0.5, 0.6) is 0 Å². The molecule has 0 bridgehead atoms. The van der Waals surface area contributed by atoms with Crippen molar-refractivity contribution < 1.29 is 9.53 Å². The fraction of sp³-hybridized carbons (Fsp3) is 0.529. The second-order valence-corrected chi connectivity index (χ2v) is 6.94. The Labute approximate surface area is 141 Å². The van der Waals surface area contributed by atoms with Crippen molar-refractivity contribution in [3.05, 3.63) is 30.1 Å². The molecule has 2 heterocycles. The number of carbonyl (C=O) groups excluding carboxylic acids is 1. The number of hydrogen-bond acceptors (Lipinski definition) is 4. The van der Waals surface area contributed by atoms with Gasteiger partial charge in [0.15, 0.2) is 0 Å². The number of rotatable bonds is 4. The van der Waals surface area contributed by atoms with E-state index in [9.17, 15) is 4.79 Å². The molecule has 2 aromatic rings. The van der Waals surface area contributed by atoms with Crippen LogP contribution in [0, 0.1) is 0 Å². The summed E-state index contributed by atoms with van der Waals surface area (Å²) in [5.74, 6) is 1.90. The Morgan fingerprint density at radius 3 is 2.96 bits per heavy atom. The van der Waals surface area contributed by atoms with Crippen molar-refractivity contribution in [2.24, 2.45) is 0 Å². The molecule has 1 aliphatic heterocycles. The number of imidazole rings is 1. The average Bonchev–Trinajstić information content (AvgIpc) is 2.88. The zero-order valence-corrected chi connectivity index (χ0v) is 14.7. The Hall–Kier alpha value is -1.53. The van der Waals surface area contributed by atoms with Crippen LogP contribution in [0.4, 0.5) is 0 Å². The third kappa shape index (κ3) is 3.38. The number of morpholine rings is 1. The molecule has 1 amide bonds. The highest BCUT2D eigenvalue weighted by Gasteiger charge is 2.28. The lowest BCUT2D eigenvalue weighted by Crippen LogP contribution is -2.51. The van der Waals surface area contributed by atoms with Gasteiger partial charge >= 0.3 is 0 Å². The predicted octanol–water partition coefficient (Wildman–Crippen LogP) is 2.54. The van der Waals surface area contributed by atoms with Crippen LogP contribution >= 0.6 is 11.8 Å². The number of para-hydroxylation sites is 2. The summed E-state index contributed by atoms with van der Waals surface area (Å²) >= 11 is 1.72. The van der Waals surface area contributed by atoms with E-state index in [0.29, 0.717) is 19.7 Å². The zero-order valence-electron chi connectivity index (χ0n) is 13.9. The fourth-order valence-electron chi connectivity index (χ4n) is 3.02. The molecular weight excluding hydrogens is 310 g/mol. The van der Waals surface area contributed by atoms with Crippen LogP contribution in [0.25, 0.3) is 11.0 Å². The van der Waals surface area contributed by atoms with Crippen molar-refractivity contribution in [1.29, 1.82) is 0 Å². The summed E-state index contributed by atoms with van der Waals surface area (Å²) in [4.78, 5) is 19.5. The number of fused-ring (bicyclic) bond motifs is 1. The summed E-state index contributed by atoms with van der Waals surface area (Å²) < 4.78 is 7.68. The molecule has 1 aromatic heterocycles. The van der Waals surface area contributed by atoms with Gasteiger partial charge < -0.3 is 14.2 Å². The Bertz CT molecular complexity index is 700. The predicted molar refractivity (Wildman–Crippen MR) is 93.5 cm³/mol. The molecule has 124 valence electrons. The largest absolute Gasteiger partial charge is 0.375 e. The molecule has 1 saturated heterocycles. The van der Waals surface area contributed by atoms with Crippen LogP contribution in [0.2, 0.25) is 0 Å². The molecule has 1 aromatic carbocycles. The van der Waals surface area contributed by atoms with Crippen molar-refractivity contribution in [3.63, 3.8) is 0 Å². The van der Waals surface area contributed by atoms with Crippen LogP contribution in [-0.4, -0.2) is 51.9 Å². The van der Waals surface area contributed by atoms with Crippen LogP contribution in [0.1, 0.15) is 19.7 Å². The lowest BCUT2D eigenvalue weighted by molar-refractivity contribution is -0.143. The maximum atomic E-state index is 12.8. The molecule has 5 nitrogen and oxygen atoms in total. The summed E-state index contributed by atoms with van der Waals surface area (Å²) in [5, 5.41) is 0. The third-order valence-corrected chi connectivity index (χ3v) is 4.78. The smallest absolute Gasteiger partial charge is 0.242 e. The molecule has 0 N–H and O–H groups in total. The monoisotopic (exact) mass is 333 g/mol. The first-order chi connectivity index (χ1) is 11.1. The molecular formula is C17H23N3O2S. The van der Waals surface area contributed by atoms with E-state index in [4.69, 9.17) is 4.74 Å². The fourth-order valence-corrected chi connectivity index (χ4v) is 3.50. The number of aromatic nitrogens is 2. The number of thioether (sulfide) groups is 1. The topological polar surface area (TPSA) is 47.4 Å². The maximum Gasteiger partial charge on any atom is 0.242 e. The number of carbonyl (C=O) groups is 1. The molecule has 0 radical (unpaired) electrons. The first-order valence-corrected chi connectivity index (χ1v) is 9.33. The summed E-state index contributed by atoms with van der Waals surface area (Å²) in [5.41, 5.74) is 1.98. The van der Waals surface area contributed by atoms with E-state index in [0.717, 1.165) is 22.6 Å². The van der Waals surface area contributed by atoms with Crippen molar-refractivity contribution >= 4 is 28.7 Å². The standard InChI is InChI=1S/C17H23N3O2S/c1-12-10-22-13(2)8-19(12)17(21)9-20-15-7-5-4-6-14(15)18-16(20)11-23-3/h4-7,12-13H,8-11H2,1-3H3/t12-,13+/m1/s1. The van der Waals surface area contributed by atoms with Gasteiger partial charge in [-0.15, -0.1) is 0 Å². The van der Waals surface area contributed by atoms with Gasteiger partial charge in [0, 0.05) is 6.54 Å². The van der Waals surface area contributed by atoms with Crippen LogP contribution in [0.15, 0.2) is 24.3 Å².